The van der Waals surface area contributed by atoms with E-state index in [4.69, 9.17) is 23.2 Å². The van der Waals surface area contributed by atoms with E-state index in [1.54, 1.807) is 30.3 Å². The Labute approximate surface area is 202 Å². The molecular weight excluding hydrogens is 467 g/mol. The molecule has 3 N–H and O–H groups in total. The summed E-state index contributed by atoms with van der Waals surface area (Å²) in [4.78, 5) is 30.1. The summed E-state index contributed by atoms with van der Waals surface area (Å²) in [6.45, 7) is 0.836. The monoisotopic (exact) mass is 492 g/mol. The smallest absolute Gasteiger partial charge is 0.258 e. The molecule has 2 fully saturated rings. The molecule has 2 aliphatic heterocycles. The van der Waals surface area contributed by atoms with Crippen LogP contribution in [0.3, 0.4) is 0 Å². The second-order valence-corrected chi connectivity index (χ2v) is 10.3. The quantitative estimate of drug-likeness (QED) is 0.541. The molecule has 2 amide bonds. The summed E-state index contributed by atoms with van der Waals surface area (Å²) < 4.78 is 0. The van der Waals surface area contributed by atoms with Crippen LogP contribution >= 0.6 is 35.0 Å². The lowest BCUT2D eigenvalue weighted by Crippen LogP contribution is -2.46. The molecule has 9 heteroatoms. The molecule has 0 radical (unpaired) electrons. The van der Waals surface area contributed by atoms with Crippen LogP contribution < -0.4 is 16.0 Å². The number of aromatic nitrogens is 1. The van der Waals surface area contributed by atoms with Gasteiger partial charge in [-0.15, -0.1) is 0 Å². The number of amides is 2. The van der Waals surface area contributed by atoms with Crippen molar-refractivity contribution in [2.45, 2.75) is 31.7 Å². The van der Waals surface area contributed by atoms with E-state index in [9.17, 15) is 9.59 Å². The van der Waals surface area contributed by atoms with Crippen molar-refractivity contribution in [3.8, 4) is 0 Å². The average Bonchev–Trinajstić information content (AvgIpc) is 2.82. The maximum Gasteiger partial charge on any atom is 0.258 e. The van der Waals surface area contributed by atoms with Gasteiger partial charge in [0, 0.05) is 23.2 Å². The van der Waals surface area contributed by atoms with E-state index in [-0.39, 0.29) is 17.4 Å². The maximum atomic E-state index is 13.1. The molecule has 2 aliphatic rings. The van der Waals surface area contributed by atoms with E-state index in [0.717, 1.165) is 19.4 Å². The summed E-state index contributed by atoms with van der Waals surface area (Å²) in [6.07, 6.45) is 5.47. The fourth-order valence-electron chi connectivity index (χ4n) is 4.35. The van der Waals surface area contributed by atoms with Gasteiger partial charge >= 0.3 is 0 Å². The first-order valence-corrected chi connectivity index (χ1v) is 12.7. The first kappa shape index (κ1) is 23.4. The second-order valence-electron chi connectivity index (χ2n) is 8.23. The van der Waals surface area contributed by atoms with E-state index in [2.05, 4.69) is 20.9 Å². The van der Waals surface area contributed by atoms with E-state index in [1.165, 1.54) is 30.5 Å². The minimum Gasteiger partial charge on any atom is -0.325 e. The molecule has 1 aromatic carbocycles. The molecule has 2 saturated heterocycles. The number of anilines is 2. The van der Waals surface area contributed by atoms with Gasteiger partial charge in [0.2, 0.25) is 5.91 Å². The fourth-order valence-corrected chi connectivity index (χ4v) is 5.77. The molecule has 0 saturated carbocycles. The van der Waals surface area contributed by atoms with Gasteiger partial charge < -0.3 is 16.0 Å². The molecule has 0 bridgehead atoms. The first-order valence-electron chi connectivity index (χ1n) is 10.8. The highest BCUT2D eigenvalue weighted by molar-refractivity contribution is 7.99. The standard InChI is InChI=1S/C23H26Cl2N4O2S/c24-16-1-3-19(18(12-16)23(31)29-21-4-2-17(25)13-27-21)28-22(30)15-5-8-26-20(11-15)14-6-9-32-10-7-14/h1-4,12-15,20,26H,5-11H2,(H,28,30)(H,27,29,31). The Morgan fingerprint density at radius 2 is 1.81 bits per heavy atom. The Morgan fingerprint density at radius 3 is 2.56 bits per heavy atom. The molecule has 3 heterocycles. The fraction of sp³-hybridized carbons (Fsp3) is 0.435. The van der Waals surface area contributed by atoms with Crippen molar-refractivity contribution in [3.05, 3.63) is 52.1 Å². The third-order valence-electron chi connectivity index (χ3n) is 6.10. The molecule has 2 aromatic rings. The topological polar surface area (TPSA) is 83.1 Å². The summed E-state index contributed by atoms with van der Waals surface area (Å²) in [6, 6.07) is 8.52. The average molecular weight is 493 g/mol. The molecule has 1 aromatic heterocycles. The van der Waals surface area contributed by atoms with Crippen LogP contribution in [0.1, 0.15) is 36.0 Å². The number of nitrogens with zero attached hydrogens (tertiary/aromatic N) is 1. The molecular formula is C23H26Cl2N4O2S. The summed E-state index contributed by atoms with van der Waals surface area (Å²) in [5.41, 5.74) is 0.729. The maximum absolute atomic E-state index is 13.1. The van der Waals surface area contributed by atoms with Gasteiger partial charge in [-0.1, -0.05) is 23.2 Å². The van der Waals surface area contributed by atoms with E-state index >= 15 is 0 Å². The zero-order chi connectivity index (χ0) is 22.5. The van der Waals surface area contributed by atoms with Crippen LogP contribution in [0.15, 0.2) is 36.5 Å². The predicted molar refractivity (Wildman–Crippen MR) is 132 cm³/mol. The van der Waals surface area contributed by atoms with E-state index in [0.29, 0.717) is 33.5 Å². The highest BCUT2D eigenvalue weighted by atomic mass is 35.5. The Balaban J connectivity index is 1.44. The highest BCUT2D eigenvalue weighted by Crippen LogP contribution is 2.31. The van der Waals surface area contributed by atoms with Crippen molar-refractivity contribution in [3.63, 3.8) is 0 Å². The third-order valence-corrected chi connectivity index (χ3v) is 7.60. The number of carbonyl (C=O) groups excluding carboxylic acids is 2. The molecule has 2 atom stereocenters. The second kappa shape index (κ2) is 10.9. The number of thioether (sulfide) groups is 1. The normalized spacial score (nSPS) is 21.7. The number of piperidine rings is 1. The number of rotatable bonds is 5. The zero-order valence-corrected chi connectivity index (χ0v) is 19.9. The van der Waals surface area contributed by atoms with Crippen LogP contribution in [0.2, 0.25) is 10.0 Å². The molecule has 0 spiro atoms. The number of nitrogens with one attached hydrogen (secondary N) is 3. The first-order chi connectivity index (χ1) is 15.5. The lowest BCUT2D eigenvalue weighted by atomic mass is 9.82. The number of carbonyl (C=O) groups is 2. The Hall–Kier alpha value is -1.80. The van der Waals surface area contributed by atoms with E-state index in [1.807, 2.05) is 11.8 Å². The Bertz CT molecular complexity index is 967. The van der Waals surface area contributed by atoms with Crippen LogP contribution in [-0.4, -0.2) is 40.9 Å². The van der Waals surface area contributed by atoms with Crippen molar-refractivity contribution >= 4 is 58.3 Å². The van der Waals surface area contributed by atoms with Crippen molar-refractivity contribution in [2.24, 2.45) is 11.8 Å². The molecule has 2 unspecified atom stereocenters. The van der Waals surface area contributed by atoms with E-state index < -0.39 is 5.91 Å². The summed E-state index contributed by atoms with van der Waals surface area (Å²) in [5.74, 6) is 2.86. The SMILES string of the molecule is O=C(Nc1ccc(Cl)cn1)c1cc(Cl)ccc1NC(=O)C1CCNC(C2CCSCC2)C1. The minimum absolute atomic E-state index is 0.0531. The van der Waals surface area contributed by atoms with Crippen molar-refractivity contribution in [1.82, 2.24) is 10.3 Å². The largest absolute Gasteiger partial charge is 0.325 e. The van der Waals surface area contributed by atoms with Gasteiger partial charge in [0.05, 0.1) is 16.3 Å². The summed E-state index contributed by atoms with van der Waals surface area (Å²) in [5, 5.41) is 10.2. The van der Waals surface area contributed by atoms with Gasteiger partial charge in [-0.3, -0.25) is 9.59 Å². The van der Waals surface area contributed by atoms with Gasteiger partial charge in [-0.25, -0.2) is 4.98 Å². The van der Waals surface area contributed by atoms with Crippen molar-refractivity contribution < 1.29 is 9.59 Å². The minimum atomic E-state index is -0.402. The number of hydrogen-bond donors (Lipinski definition) is 3. The van der Waals surface area contributed by atoms with Gasteiger partial charge in [-0.2, -0.15) is 11.8 Å². The summed E-state index contributed by atoms with van der Waals surface area (Å²) in [7, 11) is 0. The lowest BCUT2D eigenvalue weighted by molar-refractivity contribution is -0.121. The highest BCUT2D eigenvalue weighted by Gasteiger charge is 2.32. The number of pyridine rings is 1. The van der Waals surface area contributed by atoms with Crippen LogP contribution in [-0.2, 0) is 4.79 Å². The Kier molecular flexibility index (Phi) is 7.94. The number of benzene rings is 1. The van der Waals surface area contributed by atoms with Gasteiger partial charge in [0.25, 0.3) is 5.91 Å². The molecule has 4 rings (SSSR count). The van der Waals surface area contributed by atoms with Gasteiger partial charge in [-0.05, 0) is 80.0 Å². The third kappa shape index (κ3) is 5.95. The number of halogens is 2. The van der Waals surface area contributed by atoms with Crippen LogP contribution in [0.5, 0.6) is 0 Å². The van der Waals surface area contributed by atoms with Gasteiger partial charge in [0.1, 0.15) is 5.82 Å². The molecule has 6 nitrogen and oxygen atoms in total. The molecule has 0 aliphatic carbocycles. The predicted octanol–water partition coefficient (Wildman–Crippen LogP) is 5.09. The van der Waals surface area contributed by atoms with Crippen LogP contribution in [0.4, 0.5) is 11.5 Å². The lowest BCUT2D eigenvalue weighted by Gasteiger charge is -2.36. The van der Waals surface area contributed by atoms with Crippen LogP contribution in [0.25, 0.3) is 0 Å². The zero-order valence-electron chi connectivity index (χ0n) is 17.6. The molecule has 32 heavy (non-hydrogen) atoms. The Morgan fingerprint density at radius 1 is 1.03 bits per heavy atom. The van der Waals surface area contributed by atoms with Crippen molar-refractivity contribution in [2.75, 3.05) is 28.7 Å². The number of hydrogen-bond acceptors (Lipinski definition) is 5. The molecule has 170 valence electrons. The van der Waals surface area contributed by atoms with Crippen molar-refractivity contribution in [1.29, 1.82) is 0 Å². The van der Waals surface area contributed by atoms with Gasteiger partial charge in [0.15, 0.2) is 0 Å². The summed E-state index contributed by atoms with van der Waals surface area (Å²) >= 11 is 14.0. The van der Waals surface area contributed by atoms with Crippen LogP contribution in [0, 0.1) is 11.8 Å².